The van der Waals surface area contributed by atoms with E-state index in [-0.39, 0.29) is 0 Å². The lowest BCUT2D eigenvalue weighted by Crippen LogP contribution is -2.12. The number of allylic oxidation sites excluding steroid dienone is 1. The third-order valence-electron chi connectivity index (χ3n) is 1.20. The Kier molecular flexibility index (Phi) is 5.72. The Morgan fingerprint density at radius 2 is 2.33 bits per heavy atom. The van der Waals surface area contributed by atoms with Crippen molar-refractivity contribution in [2.45, 2.75) is 32.8 Å². The van der Waals surface area contributed by atoms with Crippen molar-refractivity contribution in [3.8, 4) is 6.07 Å². The molecule has 0 amide bonds. The summed E-state index contributed by atoms with van der Waals surface area (Å²) in [4.78, 5) is 10.4. The van der Waals surface area contributed by atoms with Crippen LogP contribution in [0.15, 0.2) is 12.2 Å². The molecule has 0 aliphatic heterocycles. The molecule has 0 aromatic carbocycles. The lowest BCUT2D eigenvalue weighted by Gasteiger charge is -2.05. The van der Waals surface area contributed by atoms with Gasteiger partial charge in [0.1, 0.15) is 6.07 Å². The number of carbonyl (C=O) groups excluding carboxylic acids is 1. The number of hydrogen-bond acceptors (Lipinski definition) is 3. The van der Waals surface area contributed by atoms with Crippen LogP contribution < -0.4 is 0 Å². The maximum atomic E-state index is 10.4. The monoisotopic (exact) mass is 167 g/mol. The molecule has 0 unspecified atom stereocenters. The van der Waals surface area contributed by atoms with Gasteiger partial charge in [-0.05, 0) is 6.42 Å². The number of hydrogen-bond donors (Lipinski definition) is 0. The number of carbonyl (C=O) groups is 1. The molecule has 0 fully saturated rings. The summed E-state index contributed by atoms with van der Waals surface area (Å²) in [5.74, 6) is -0.411. The molecular formula is C9H13NO2. The quantitative estimate of drug-likeness (QED) is 0.474. The third-order valence-corrected chi connectivity index (χ3v) is 1.20. The van der Waals surface area contributed by atoms with Crippen LogP contribution in [0.1, 0.15) is 26.7 Å². The fourth-order valence-electron chi connectivity index (χ4n) is 0.714. The van der Waals surface area contributed by atoms with Gasteiger partial charge >= 0.3 is 5.97 Å². The van der Waals surface area contributed by atoms with E-state index in [1.165, 1.54) is 6.92 Å². The zero-order valence-corrected chi connectivity index (χ0v) is 7.41. The highest BCUT2D eigenvalue weighted by Gasteiger charge is 2.06. The number of nitriles is 1. The highest BCUT2D eigenvalue weighted by molar-refractivity contribution is 5.66. The molecule has 3 heteroatoms. The van der Waals surface area contributed by atoms with E-state index in [4.69, 9.17) is 10.00 Å². The van der Waals surface area contributed by atoms with Gasteiger partial charge in [0.15, 0.2) is 6.10 Å². The van der Waals surface area contributed by atoms with Crippen molar-refractivity contribution in [2.75, 3.05) is 0 Å². The summed E-state index contributed by atoms with van der Waals surface area (Å²) in [6.45, 7) is 3.30. The molecule has 0 saturated carbocycles. The van der Waals surface area contributed by atoms with Crippen LogP contribution in [0.3, 0.4) is 0 Å². The molecule has 3 nitrogen and oxygen atoms in total. The van der Waals surface area contributed by atoms with Crippen molar-refractivity contribution in [3.63, 3.8) is 0 Å². The van der Waals surface area contributed by atoms with Crippen LogP contribution in [0, 0.1) is 11.3 Å². The molecule has 0 saturated heterocycles. The van der Waals surface area contributed by atoms with Gasteiger partial charge in [0.25, 0.3) is 0 Å². The molecule has 0 aliphatic carbocycles. The topological polar surface area (TPSA) is 50.1 Å². The first-order valence-electron chi connectivity index (χ1n) is 3.92. The highest BCUT2D eigenvalue weighted by atomic mass is 16.5. The molecule has 0 aromatic rings. The van der Waals surface area contributed by atoms with Gasteiger partial charge in [-0.3, -0.25) is 4.79 Å². The summed E-state index contributed by atoms with van der Waals surface area (Å²) in [5.41, 5.74) is 0. The van der Waals surface area contributed by atoms with Crippen molar-refractivity contribution in [1.82, 2.24) is 0 Å². The average Bonchev–Trinajstić information content (AvgIpc) is 2.02. The Balaban J connectivity index is 3.77. The zero-order chi connectivity index (χ0) is 9.40. The SMILES string of the molecule is CC/C=C/C[C@@H](C#N)OC(C)=O. The minimum atomic E-state index is -0.634. The van der Waals surface area contributed by atoms with E-state index in [2.05, 4.69) is 0 Å². The van der Waals surface area contributed by atoms with E-state index in [1.807, 2.05) is 25.1 Å². The normalized spacial score (nSPS) is 12.4. The second kappa shape index (κ2) is 6.41. The van der Waals surface area contributed by atoms with Crippen molar-refractivity contribution in [2.24, 2.45) is 0 Å². The second-order valence-corrected chi connectivity index (χ2v) is 2.34. The van der Waals surface area contributed by atoms with Crippen LogP contribution in [0.25, 0.3) is 0 Å². The summed E-state index contributed by atoms with van der Waals surface area (Å²) in [6, 6.07) is 1.90. The number of nitrogens with zero attached hydrogens (tertiary/aromatic N) is 1. The molecule has 0 radical (unpaired) electrons. The first-order valence-corrected chi connectivity index (χ1v) is 3.92. The van der Waals surface area contributed by atoms with E-state index in [0.717, 1.165) is 6.42 Å². The van der Waals surface area contributed by atoms with Crippen molar-refractivity contribution in [1.29, 1.82) is 5.26 Å². The third kappa shape index (κ3) is 5.48. The highest BCUT2D eigenvalue weighted by Crippen LogP contribution is 1.99. The van der Waals surface area contributed by atoms with E-state index in [1.54, 1.807) is 0 Å². The first kappa shape index (κ1) is 10.7. The van der Waals surface area contributed by atoms with Gasteiger partial charge in [-0.25, -0.2) is 0 Å². The Bertz CT molecular complexity index is 203. The van der Waals surface area contributed by atoms with Crippen LogP contribution in [-0.4, -0.2) is 12.1 Å². The average molecular weight is 167 g/mol. The first-order chi connectivity index (χ1) is 5.70. The van der Waals surface area contributed by atoms with Crippen LogP contribution in [0.4, 0.5) is 0 Å². The summed E-state index contributed by atoms with van der Waals surface area (Å²) < 4.78 is 4.69. The largest absolute Gasteiger partial charge is 0.447 e. The fourth-order valence-corrected chi connectivity index (χ4v) is 0.714. The molecule has 1 atom stereocenters. The number of ether oxygens (including phenoxy) is 1. The molecule has 0 aromatic heterocycles. The minimum absolute atomic E-state index is 0.411. The molecule has 0 bridgehead atoms. The van der Waals surface area contributed by atoms with Crippen LogP contribution in [-0.2, 0) is 9.53 Å². The Labute approximate surface area is 72.6 Å². The number of esters is 1. The molecule has 0 spiro atoms. The summed E-state index contributed by atoms with van der Waals surface area (Å²) in [5, 5.41) is 8.51. The van der Waals surface area contributed by atoms with Gasteiger partial charge < -0.3 is 4.74 Å². The predicted molar refractivity (Wildman–Crippen MR) is 45.2 cm³/mol. The van der Waals surface area contributed by atoms with Gasteiger partial charge in [-0.1, -0.05) is 19.1 Å². The summed E-state index contributed by atoms with van der Waals surface area (Å²) in [7, 11) is 0. The molecule has 0 rings (SSSR count). The molecule has 0 N–H and O–H groups in total. The standard InChI is InChI=1S/C9H13NO2/c1-3-4-5-6-9(7-10)12-8(2)11/h4-5,9H,3,6H2,1-2H3/b5-4+/t9-/m0/s1. The predicted octanol–water partition coefficient (Wildman–Crippen LogP) is 1.80. The second-order valence-electron chi connectivity index (χ2n) is 2.34. The van der Waals surface area contributed by atoms with Crippen LogP contribution in [0.2, 0.25) is 0 Å². The molecule has 0 aliphatic rings. The van der Waals surface area contributed by atoms with Gasteiger partial charge in [0, 0.05) is 13.3 Å². The zero-order valence-electron chi connectivity index (χ0n) is 7.41. The Hall–Kier alpha value is -1.30. The van der Waals surface area contributed by atoms with Gasteiger partial charge in [0.05, 0.1) is 0 Å². The maximum absolute atomic E-state index is 10.4. The molecule has 0 heterocycles. The smallest absolute Gasteiger partial charge is 0.303 e. The van der Waals surface area contributed by atoms with E-state index in [9.17, 15) is 4.79 Å². The number of rotatable bonds is 4. The summed E-state index contributed by atoms with van der Waals surface area (Å²) in [6.07, 6.45) is 4.55. The van der Waals surface area contributed by atoms with Crippen molar-refractivity contribution >= 4 is 5.97 Å². The minimum Gasteiger partial charge on any atom is -0.447 e. The van der Waals surface area contributed by atoms with Crippen molar-refractivity contribution in [3.05, 3.63) is 12.2 Å². The van der Waals surface area contributed by atoms with E-state index < -0.39 is 12.1 Å². The molecule has 12 heavy (non-hydrogen) atoms. The van der Waals surface area contributed by atoms with Crippen molar-refractivity contribution < 1.29 is 9.53 Å². The van der Waals surface area contributed by atoms with E-state index >= 15 is 0 Å². The maximum Gasteiger partial charge on any atom is 0.303 e. The Morgan fingerprint density at radius 1 is 1.67 bits per heavy atom. The van der Waals surface area contributed by atoms with Gasteiger partial charge in [-0.15, -0.1) is 0 Å². The van der Waals surface area contributed by atoms with E-state index in [0.29, 0.717) is 6.42 Å². The van der Waals surface area contributed by atoms with Crippen LogP contribution >= 0.6 is 0 Å². The molecular weight excluding hydrogens is 154 g/mol. The lowest BCUT2D eigenvalue weighted by molar-refractivity contribution is -0.143. The fraction of sp³-hybridized carbons (Fsp3) is 0.556. The van der Waals surface area contributed by atoms with Crippen LogP contribution in [0.5, 0.6) is 0 Å². The summed E-state index contributed by atoms with van der Waals surface area (Å²) >= 11 is 0. The Morgan fingerprint density at radius 3 is 2.75 bits per heavy atom. The lowest BCUT2D eigenvalue weighted by atomic mass is 10.2. The molecule has 66 valence electrons. The van der Waals surface area contributed by atoms with Gasteiger partial charge in [0.2, 0.25) is 0 Å². The van der Waals surface area contributed by atoms with Gasteiger partial charge in [-0.2, -0.15) is 5.26 Å².